The van der Waals surface area contributed by atoms with E-state index in [-0.39, 0.29) is 5.91 Å². The summed E-state index contributed by atoms with van der Waals surface area (Å²) in [5, 5.41) is 6.70. The second-order valence-electron chi connectivity index (χ2n) is 4.33. The van der Waals surface area contributed by atoms with Crippen LogP contribution in [0.2, 0.25) is 0 Å². The lowest BCUT2D eigenvalue weighted by Crippen LogP contribution is -2.23. The molecule has 1 aromatic carbocycles. The standard InChI is InChI=1S/C14H15BrN2O3/c1-8-12(9(2)20-17-8)7-16-14(18)11-5-4-10(15)6-13(11)19-3/h4-6H,7H2,1-3H3,(H,16,18). The number of aryl methyl sites for hydroxylation is 2. The van der Waals surface area contributed by atoms with Crippen LogP contribution in [0.15, 0.2) is 27.2 Å². The zero-order valence-corrected chi connectivity index (χ0v) is 13.1. The average Bonchev–Trinajstić information content (AvgIpc) is 2.75. The van der Waals surface area contributed by atoms with Crippen LogP contribution in [0.5, 0.6) is 5.75 Å². The molecule has 20 heavy (non-hydrogen) atoms. The molecule has 0 saturated carbocycles. The molecule has 0 fully saturated rings. The van der Waals surface area contributed by atoms with Crippen molar-refractivity contribution in [2.24, 2.45) is 0 Å². The van der Waals surface area contributed by atoms with Gasteiger partial charge in [0.05, 0.1) is 18.4 Å². The number of nitrogens with one attached hydrogen (secondary N) is 1. The third-order valence-corrected chi connectivity index (χ3v) is 3.51. The number of hydrogen-bond acceptors (Lipinski definition) is 4. The van der Waals surface area contributed by atoms with Crippen molar-refractivity contribution in [3.05, 3.63) is 45.3 Å². The van der Waals surface area contributed by atoms with Crippen molar-refractivity contribution in [1.29, 1.82) is 0 Å². The lowest BCUT2D eigenvalue weighted by atomic mass is 10.1. The maximum Gasteiger partial charge on any atom is 0.255 e. The maximum absolute atomic E-state index is 12.2. The first-order valence-electron chi connectivity index (χ1n) is 6.06. The van der Waals surface area contributed by atoms with Crippen molar-refractivity contribution < 1.29 is 14.1 Å². The molecule has 1 heterocycles. The van der Waals surface area contributed by atoms with Gasteiger partial charge in [0, 0.05) is 16.6 Å². The van der Waals surface area contributed by atoms with Crippen molar-refractivity contribution in [3.8, 4) is 5.75 Å². The Labute approximate surface area is 125 Å². The van der Waals surface area contributed by atoms with Gasteiger partial charge in [0.15, 0.2) is 0 Å². The molecule has 6 heteroatoms. The highest BCUT2D eigenvalue weighted by atomic mass is 79.9. The Bertz CT molecular complexity index is 618. The number of ether oxygens (including phenoxy) is 1. The van der Waals surface area contributed by atoms with Crippen LogP contribution in [0.1, 0.15) is 27.4 Å². The van der Waals surface area contributed by atoms with Gasteiger partial charge < -0.3 is 14.6 Å². The number of rotatable bonds is 4. The van der Waals surface area contributed by atoms with Gasteiger partial charge in [0.1, 0.15) is 11.5 Å². The van der Waals surface area contributed by atoms with E-state index in [1.165, 1.54) is 7.11 Å². The molecule has 0 spiro atoms. The molecular weight excluding hydrogens is 324 g/mol. The predicted molar refractivity (Wildman–Crippen MR) is 77.8 cm³/mol. The van der Waals surface area contributed by atoms with Crippen LogP contribution in [0.25, 0.3) is 0 Å². The summed E-state index contributed by atoms with van der Waals surface area (Å²) >= 11 is 3.34. The summed E-state index contributed by atoms with van der Waals surface area (Å²) in [6.07, 6.45) is 0. The molecule has 0 atom stereocenters. The molecular formula is C14H15BrN2O3. The van der Waals surface area contributed by atoms with Crippen LogP contribution in [0, 0.1) is 13.8 Å². The number of carbonyl (C=O) groups is 1. The van der Waals surface area contributed by atoms with Crippen LogP contribution in [0.4, 0.5) is 0 Å². The zero-order chi connectivity index (χ0) is 14.7. The quantitative estimate of drug-likeness (QED) is 0.930. The fourth-order valence-corrected chi connectivity index (χ4v) is 2.21. The number of nitrogens with zero attached hydrogens (tertiary/aromatic N) is 1. The lowest BCUT2D eigenvalue weighted by Gasteiger charge is -2.09. The van der Waals surface area contributed by atoms with Crippen molar-refractivity contribution in [2.45, 2.75) is 20.4 Å². The molecule has 1 N–H and O–H groups in total. The van der Waals surface area contributed by atoms with E-state index >= 15 is 0 Å². The van der Waals surface area contributed by atoms with Crippen LogP contribution in [-0.4, -0.2) is 18.2 Å². The summed E-state index contributed by atoms with van der Waals surface area (Å²) in [6, 6.07) is 5.27. The molecule has 0 radical (unpaired) electrons. The normalized spacial score (nSPS) is 10.4. The van der Waals surface area contributed by atoms with Gasteiger partial charge in [0.25, 0.3) is 5.91 Å². The second-order valence-corrected chi connectivity index (χ2v) is 5.25. The van der Waals surface area contributed by atoms with Crippen molar-refractivity contribution >= 4 is 21.8 Å². The third-order valence-electron chi connectivity index (χ3n) is 3.02. The molecule has 0 aliphatic heterocycles. The molecule has 2 rings (SSSR count). The number of aromatic nitrogens is 1. The van der Waals surface area contributed by atoms with E-state index < -0.39 is 0 Å². The van der Waals surface area contributed by atoms with Gasteiger partial charge in [-0.2, -0.15) is 0 Å². The van der Waals surface area contributed by atoms with E-state index in [0.29, 0.717) is 23.6 Å². The van der Waals surface area contributed by atoms with Crippen LogP contribution < -0.4 is 10.1 Å². The average molecular weight is 339 g/mol. The van der Waals surface area contributed by atoms with Crippen molar-refractivity contribution in [1.82, 2.24) is 10.5 Å². The van der Waals surface area contributed by atoms with Gasteiger partial charge in [-0.25, -0.2) is 0 Å². The lowest BCUT2D eigenvalue weighted by molar-refractivity contribution is 0.0947. The van der Waals surface area contributed by atoms with Crippen molar-refractivity contribution in [3.63, 3.8) is 0 Å². The predicted octanol–water partition coefficient (Wildman–Crippen LogP) is 2.99. The molecule has 0 aliphatic carbocycles. The molecule has 1 aromatic heterocycles. The second kappa shape index (κ2) is 6.09. The topological polar surface area (TPSA) is 64.4 Å². The number of halogens is 1. The number of benzene rings is 1. The number of hydrogen-bond donors (Lipinski definition) is 1. The Balaban J connectivity index is 2.13. The van der Waals surface area contributed by atoms with Crippen molar-refractivity contribution in [2.75, 3.05) is 7.11 Å². The minimum absolute atomic E-state index is 0.200. The smallest absolute Gasteiger partial charge is 0.255 e. The van der Waals surface area contributed by atoms with Gasteiger partial charge in [-0.15, -0.1) is 0 Å². The highest BCUT2D eigenvalue weighted by Gasteiger charge is 2.14. The minimum atomic E-state index is -0.200. The molecule has 1 amide bonds. The third kappa shape index (κ3) is 3.01. The van der Waals surface area contributed by atoms with Gasteiger partial charge >= 0.3 is 0 Å². The highest BCUT2D eigenvalue weighted by molar-refractivity contribution is 9.10. The Kier molecular flexibility index (Phi) is 4.44. The van der Waals surface area contributed by atoms with Gasteiger partial charge in [-0.05, 0) is 32.0 Å². The first kappa shape index (κ1) is 14.6. The van der Waals surface area contributed by atoms with Crippen LogP contribution in [-0.2, 0) is 6.54 Å². The maximum atomic E-state index is 12.2. The first-order chi connectivity index (χ1) is 9.52. The monoisotopic (exact) mass is 338 g/mol. The Morgan fingerprint density at radius 1 is 1.45 bits per heavy atom. The summed E-state index contributed by atoms with van der Waals surface area (Å²) in [5.74, 6) is 1.04. The largest absolute Gasteiger partial charge is 0.496 e. The Hall–Kier alpha value is -1.82. The van der Waals surface area contributed by atoms with E-state index in [2.05, 4.69) is 26.4 Å². The van der Waals surface area contributed by atoms with Crippen LogP contribution in [0.3, 0.4) is 0 Å². The molecule has 106 valence electrons. The van der Waals surface area contributed by atoms with E-state index in [9.17, 15) is 4.79 Å². The van der Waals surface area contributed by atoms with Crippen LogP contribution >= 0.6 is 15.9 Å². The summed E-state index contributed by atoms with van der Waals surface area (Å²) in [4.78, 5) is 12.2. The number of methoxy groups -OCH3 is 1. The molecule has 0 saturated heterocycles. The van der Waals surface area contributed by atoms with E-state index in [0.717, 1.165) is 15.7 Å². The number of carbonyl (C=O) groups excluding carboxylic acids is 1. The SMILES string of the molecule is COc1cc(Br)ccc1C(=O)NCc1c(C)noc1C. The molecule has 2 aromatic rings. The summed E-state index contributed by atoms with van der Waals surface area (Å²) in [7, 11) is 1.53. The molecule has 0 bridgehead atoms. The summed E-state index contributed by atoms with van der Waals surface area (Å²) < 4.78 is 11.1. The molecule has 5 nitrogen and oxygen atoms in total. The van der Waals surface area contributed by atoms with Gasteiger partial charge in [-0.1, -0.05) is 21.1 Å². The fourth-order valence-electron chi connectivity index (χ4n) is 1.87. The summed E-state index contributed by atoms with van der Waals surface area (Å²) in [5.41, 5.74) is 2.17. The zero-order valence-electron chi connectivity index (χ0n) is 11.5. The number of amides is 1. The highest BCUT2D eigenvalue weighted by Crippen LogP contribution is 2.23. The molecule has 0 unspecified atom stereocenters. The van der Waals surface area contributed by atoms with E-state index in [1.54, 1.807) is 18.2 Å². The Morgan fingerprint density at radius 3 is 2.80 bits per heavy atom. The first-order valence-corrected chi connectivity index (χ1v) is 6.85. The fraction of sp³-hybridized carbons (Fsp3) is 0.286. The summed E-state index contributed by atoms with van der Waals surface area (Å²) in [6.45, 7) is 4.04. The van der Waals surface area contributed by atoms with E-state index in [1.807, 2.05) is 13.8 Å². The Morgan fingerprint density at radius 2 is 2.20 bits per heavy atom. The van der Waals surface area contributed by atoms with E-state index in [4.69, 9.17) is 9.26 Å². The van der Waals surface area contributed by atoms with Gasteiger partial charge in [-0.3, -0.25) is 4.79 Å². The minimum Gasteiger partial charge on any atom is -0.496 e. The molecule has 0 aliphatic rings. The van der Waals surface area contributed by atoms with Gasteiger partial charge in [0.2, 0.25) is 0 Å².